The van der Waals surface area contributed by atoms with Crippen LogP contribution in [-0.4, -0.2) is 67.9 Å². The molecule has 4 rings (SSSR count). The normalized spacial score (nSPS) is 24.1. The summed E-state index contributed by atoms with van der Waals surface area (Å²) in [5.41, 5.74) is -0.954. The van der Waals surface area contributed by atoms with Crippen LogP contribution in [0.2, 0.25) is 0 Å². The predicted octanol–water partition coefficient (Wildman–Crippen LogP) is 8.13. The average molecular weight is 665 g/mol. The lowest BCUT2D eigenvalue weighted by molar-refractivity contribution is -0.167. The topological polar surface area (TPSA) is 112 Å². The summed E-state index contributed by atoms with van der Waals surface area (Å²) in [6, 6.07) is 0. The zero-order valence-corrected chi connectivity index (χ0v) is 32.1. The Morgan fingerprint density at radius 2 is 1.36 bits per heavy atom. The third-order valence-corrected chi connectivity index (χ3v) is 8.98. The van der Waals surface area contributed by atoms with Crippen molar-refractivity contribution >= 4 is 23.1 Å². The second-order valence-corrected chi connectivity index (χ2v) is 17.7. The van der Waals surface area contributed by atoms with Crippen LogP contribution in [0.25, 0.3) is 0 Å². The fourth-order valence-corrected chi connectivity index (χ4v) is 5.37. The van der Waals surface area contributed by atoms with Gasteiger partial charge in [-0.3, -0.25) is 19.2 Å². The summed E-state index contributed by atoms with van der Waals surface area (Å²) in [7, 11) is 0. The molecule has 0 aromatic rings. The number of hydrogen-bond donors (Lipinski definition) is 0. The summed E-state index contributed by atoms with van der Waals surface area (Å²) in [6.45, 7) is 31.7. The van der Waals surface area contributed by atoms with Gasteiger partial charge >= 0.3 is 0 Å². The van der Waals surface area contributed by atoms with E-state index in [1.807, 2.05) is 83.1 Å². The van der Waals surface area contributed by atoms with Gasteiger partial charge in [0.15, 0.2) is 0 Å². The Morgan fingerprint density at radius 1 is 0.809 bits per heavy atom. The molecule has 4 aliphatic rings. The minimum absolute atomic E-state index is 0.155. The summed E-state index contributed by atoms with van der Waals surface area (Å²) in [5, 5.41) is 0. The van der Waals surface area contributed by atoms with E-state index in [1.54, 1.807) is 0 Å². The predicted molar refractivity (Wildman–Crippen MR) is 187 cm³/mol. The molecule has 4 fully saturated rings. The highest BCUT2D eigenvalue weighted by Gasteiger charge is 2.48. The van der Waals surface area contributed by atoms with Crippen molar-refractivity contribution < 1.29 is 38.1 Å². The minimum atomic E-state index is -0.222. The van der Waals surface area contributed by atoms with Crippen LogP contribution < -0.4 is 0 Å². The van der Waals surface area contributed by atoms with Gasteiger partial charge in [-0.2, -0.15) is 0 Å². The van der Waals surface area contributed by atoms with Crippen LogP contribution >= 0.6 is 0 Å². The monoisotopic (exact) mass is 664 g/mol. The van der Waals surface area contributed by atoms with Crippen molar-refractivity contribution in [1.82, 2.24) is 0 Å². The molecular formula is C39H68O8. The second-order valence-electron chi connectivity index (χ2n) is 17.7. The number of ketones is 4. The van der Waals surface area contributed by atoms with E-state index in [-0.39, 0.29) is 44.9 Å². The van der Waals surface area contributed by atoms with E-state index in [0.717, 1.165) is 38.7 Å². The Bertz CT molecular complexity index is 1030. The smallest absolute Gasteiger partial charge is 0.148 e. The van der Waals surface area contributed by atoms with Crippen LogP contribution in [0.15, 0.2) is 12.8 Å². The molecule has 1 aliphatic carbocycles. The van der Waals surface area contributed by atoms with Gasteiger partial charge in [-0.15, -0.1) is 0 Å². The van der Waals surface area contributed by atoms with Crippen molar-refractivity contribution in [2.45, 2.75) is 153 Å². The van der Waals surface area contributed by atoms with Crippen LogP contribution in [0.5, 0.6) is 0 Å². The number of hydrogen-bond acceptors (Lipinski definition) is 8. The Hall–Kier alpha value is -1.90. The number of epoxide rings is 2. The lowest BCUT2D eigenvalue weighted by Crippen LogP contribution is -2.52. The minimum Gasteiger partial charge on any atom is -0.502 e. The fraction of sp³-hybridized carbons (Fsp3) is 0.846. The lowest BCUT2D eigenvalue weighted by Gasteiger charge is -2.42. The largest absolute Gasteiger partial charge is 0.502 e. The van der Waals surface area contributed by atoms with E-state index in [1.165, 1.54) is 6.26 Å². The molecule has 0 radical (unpaired) electrons. The van der Waals surface area contributed by atoms with E-state index in [0.29, 0.717) is 62.2 Å². The van der Waals surface area contributed by atoms with E-state index >= 15 is 0 Å². The molecule has 8 heteroatoms. The Morgan fingerprint density at radius 3 is 1.70 bits per heavy atom. The SMILES string of the molecule is C=COCCCC(=O)C(C)(C)C.CC(C)(C)C(=O)C1CCC2OC2C1.CC(C)(C)C(=O)CC1CO1.CCC1(C(=O)C(C)(C)C)COC1. The van der Waals surface area contributed by atoms with Crippen molar-refractivity contribution in [2.24, 2.45) is 33.0 Å². The molecule has 4 unspecified atom stereocenters. The third kappa shape index (κ3) is 15.5. The fourth-order valence-electron chi connectivity index (χ4n) is 5.37. The van der Waals surface area contributed by atoms with Gasteiger partial charge in [0, 0.05) is 40.4 Å². The molecule has 0 aromatic heterocycles. The molecule has 3 aliphatic heterocycles. The van der Waals surface area contributed by atoms with Gasteiger partial charge in [0.2, 0.25) is 0 Å². The maximum atomic E-state index is 11.9. The van der Waals surface area contributed by atoms with Gasteiger partial charge in [-0.25, -0.2) is 0 Å². The highest BCUT2D eigenvalue weighted by molar-refractivity contribution is 5.90. The standard InChI is InChI=1S/C11H18O2.2C10H18O2.C8H14O2/c1-11(2,3)10(12)7-4-5-8-9(6-7)13-8;1-5-10(6-12-7-10)8(11)9(2,3)4;1-5-12-8-6-7-9(11)10(2,3)4;1-8(2,3)7(9)4-6-5-10-6/h7-9H,4-6H2,1-3H3;5-7H2,1-4H3;5H,1,6-8H2,2-4H3;6H,4-5H2,1-3H3. The Kier molecular flexibility index (Phi) is 16.2. The molecule has 1 saturated carbocycles. The number of ether oxygens (including phenoxy) is 4. The summed E-state index contributed by atoms with van der Waals surface area (Å²) in [4.78, 5) is 46.4. The van der Waals surface area contributed by atoms with Crippen molar-refractivity contribution in [3.63, 3.8) is 0 Å². The number of Topliss-reactive ketones (excluding diaryl/α,β-unsaturated/α-hetero) is 4. The molecule has 0 bridgehead atoms. The quantitative estimate of drug-likeness (QED) is 0.131. The average Bonchev–Trinajstić information content (AvgIpc) is 3.85. The van der Waals surface area contributed by atoms with Gasteiger partial charge in [-0.05, 0) is 32.1 Å². The van der Waals surface area contributed by atoms with Crippen molar-refractivity contribution in [3.05, 3.63) is 12.8 Å². The first-order valence-electron chi connectivity index (χ1n) is 17.6. The van der Waals surface area contributed by atoms with Gasteiger partial charge in [0.05, 0.1) is 56.4 Å². The van der Waals surface area contributed by atoms with Crippen LogP contribution in [0.1, 0.15) is 135 Å². The zero-order valence-electron chi connectivity index (χ0n) is 32.1. The van der Waals surface area contributed by atoms with Crippen LogP contribution in [-0.2, 0) is 38.1 Å². The van der Waals surface area contributed by atoms with E-state index in [4.69, 9.17) is 18.9 Å². The first-order chi connectivity index (χ1) is 21.4. The zero-order chi connectivity index (χ0) is 36.4. The molecule has 0 N–H and O–H groups in total. The number of carbonyl (C=O) groups is 4. The summed E-state index contributed by atoms with van der Waals surface area (Å²) in [6.07, 6.45) is 8.56. The van der Waals surface area contributed by atoms with E-state index < -0.39 is 0 Å². The summed E-state index contributed by atoms with van der Waals surface area (Å²) in [5.74, 6) is 1.62. The molecule has 3 saturated heterocycles. The van der Waals surface area contributed by atoms with E-state index in [9.17, 15) is 19.2 Å². The Balaban J connectivity index is 0.000000315. The summed E-state index contributed by atoms with van der Waals surface area (Å²) < 4.78 is 20.4. The van der Waals surface area contributed by atoms with Gasteiger partial charge < -0.3 is 18.9 Å². The first kappa shape index (κ1) is 43.1. The van der Waals surface area contributed by atoms with Crippen LogP contribution in [0.3, 0.4) is 0 Å². The van der Waals surface area contributed by atoms with Crippen molar-refractivity contribution in [3.8, 4) is 0 Å². The number of rotatable bonds is 10. The van der Waals surface area contributed by atoms with Crippen LogP contribution in [0.4, 0.5) is 0 Å². The molecule has 272 valence electrons. The molecular weight excluding hydrogens is 596 g/mol. The molecule has 8 nitrogen and oxygen atoms in total. The maximum absolute atomic E-state index is 11.9. The lowest BCUT2D eigenvalue weighted by atomic mass is 9.69. The highest BCUT2D eigenvalue weighted by Crippen LogP contribution is 2.42. The number of fused-ring (bicyclic) bond motifs is 1. The molecule has 0 spiro atoms. The Labute approximate surface area is 286 Å². The summed E-state index contributed by atoms with van der Waals surface area (Å²) >= 11 is 0. The van der Waals surface area contributed by atoms with E-state index in [2.05, 4.69) is 13.5 Å². The highest BCUT2D eigenvalue weighted by atomic mass is 16.6. The third-order valence-electron chi connectivity index (χ3n) is 8.98. The van der Waals surface area contributed by atoms with Gasteiger partial charge in [0.25, 0.3) is 0 Å². The number of carbonyl (C=O) groups excluding carboxylic acids is 4. The van der Waals surface area contributed by atoms with Gasteiger partial charge in [0.1, 0.15) is 23.1 Å². The van der Waals surface area contributed by atoms with Crippen molar-refractivity contribution in [1.29, 1.82) is 0 Å². The first-order valence-corrected chi connectivity index (χ1v) is 17.6. The van der Waals surface area contributed by atoms with Crippen LogP contribution in [0, 0.1) is 33.0 Å². The molecule has 4 atom stereocenters. The molecule has 0 amide bonds. The maximum Gasteiger partial charge on any atom is 0.148 e. The molecule has 0 aromatic carbocycles. The second kappa shape index (κ2) is 17.7. The molecule has 47 heavy (non-hydrogen) atoms. The van der Waals surface area contributed by atoms with Gasteiger partial charge in [-0.1, -0.05) is 96.6 Å². The molecule has 3 heterocycles. The van der Waals surface area contributed by atoms with Crippen molar-refractivity contribution in [2.75, 3.05) is 26.4 Å².